The van der Waals surface area contributed by atoms with E-state index in [1.165, 1.54) is 0 Å². The van der Waals surface area contributed by atoms with E-state index in [2.05, 4.69) is 15.5 Å². The number of hydrogen-bond acceptors (Lipinski definition) is 5. The minimum Gasteiger partial charge on any atom is -0.485 e. The molecule has 0 unspecified atom stereocenters. The Labute approximate surface area is 86.7 Å². The first-order chi connectivity index (χ1) is 7.25. The molecule has 2 aromatic rings. The van der Waals surface area contributed by atoms with E-state index in [1.54, 1.807) is 23.9 Å². The maximum atomic E-state index is 5.61. The van der Waals surface area contributed by atoms with Crippen LogP contribution in [0.3, 0.4) is 0 Å². The van der Waals surface area contributed by atoms with Crippen molar-refractivity contribution in [3.05, 3.63) is 30.1 Å². The molecule has 2 rings (SSSR count). The summed E-state index contributed by atoms with van der Waals surface area (Å²) >= 11 is 0. The molecule has 0 saturated heterocycles. The monoisotopic (exact) mass is 205 g/mol. The van der Waals surface area contributed by atoms with Crippen LogP contribution in [0.15, 0.2) is 24.3 Å². The highest BCUT2D eigenvalue weighted by molar-refractivity contribution is 5.43. The molecule has 0 aliphatic rings. The highest BCUT2D eigenvalue weighted by atomic mass is 16.5. The summed E-state index contributed by atoms with van der Waals surface area (Å²) in [6.07, 6.45) is 0. The van der Waals surface area contributed by atoms with Crippen molar-refractivity contribution < 1.29 is 4.74 Å². The van der Waals surface area contributed by atoms with E-state index >= 15 is 0 Å². The third-order valence-electron chi connectivity index (χ3n) is 1.93. The van der Waals surface area contributed by atoms with Crippen LogP contribution in [0.1, 0.15) is 5.82 Å². The van der Waals surface area contributed by atoms with Crippen LogP contribution >= 0.6 is 0 Å². The smallest absolute Gasteiger partial charge is 0.188 e. The minimum atomic E-state index is 0.326. The second kappa shape index (κ2) is 3.95. The van der Waals surface area contributed by atoms with E-state index in [4.69, 9.17) is 10.5 Å². The topological polar surface area (TPSA) is 78.8 Å². The first kappa shape index (κ1) is 9.45. The number of nitrogens with zero attached hydrogens (tertiary/aromatic N) is 4. The van der Waals surface area contributed by atoms with Crippen molar-refractivity contribution in [2.24, 2.45) is 7.05 Å². The van der Waals surface area contributed by atoms with Gasteiger partial charge < -0.3 is 10.5 Å². The molecule has 1 heterocycles. The van der Waals surface area contributed by atoms with Crippen molar-refractivity contribution in [2.75, 3.05) is 5.73 Å². The molecule has 0 fully saturated rings. The van der Waals surface area contributed by atoms with Crippen LogP contribution in [-0.4, -0.2) is 20.2 Å². The lowest BCUT2D eigenvalue weighted by atomic mass is 10.3. The SMILES string of the molecule is Cn1nnnc1COc1cccc(N)c1. The van der Waals surface area contributed by atoms with E-state index in [9.17, 15) is 0 Å². The zero-order valence-electron chi connectivity index (χ0n) is 8.29. The van der Waals surface area contributed by atoms with Gasteiger partial charge in [0.1, 0.15) is 12.4 Å². The van der Waals surface area contributed by atoms with Crippen molar-refractivity contribution in [2.45, 2.75) is 6.61 Å². The van der Waals surface area contributed by atoms with Gasteiger partial charge >= 0.3 is 0 Å². The van der Waals surface area contributed by atoms with E-state index < -0.39 is 0 Å². The van der Waals surface area contributed by atoms with Gasteiger partial charge in [-0.15, -0.1) is 5.10 Å². The highest BCUT2D eigenvalue weighted by Gasteiger charge is 2.02. The number of anilines is 1. The van der Waals surface area contributed by atoms with Gasteiger partial charge in [-0.25, -0.2) is 4.68 Å². The van der Waals surface area contributed by atoms with Gasteiger partial charge in [0.05, 0.1) is 0 Å². The van der Waals surface area contributed by atoms with Crippen molar-refractivity contribution >= 4 is 5.69 Å². The summed E-state index contributed by atoms with van der Waals surface area (Å²) in [6, 6.07) is 7.22. The average molecular weight is 205 g/mol. The van der Waals surface area contributed by atoms with Crippen LogP contribution in [0.4, 0.5) is 5.69 Å². The van der Waals surface area contributed by atoms with E-state index in [0.29, 0.717) is 23.9 Å². The van der Waals surface area contributed by atoms with Crippen LogP contribution in [0.2, 0.25) is 0 Å². The lowest BCUT2D eigenvalue weighted by molar-refractivity contribution is 0.290. The maximum absolute atomic E-state index is 5.61. The van der Waals surface area contributed by atoms with Crippen LogP contribution in [-0.2, 0) is 13.7 Å². The van der Waals surface area contributed by atoms with Gasteiger partial charge in [0.2, 0.25) is 0 Å². The fourth-order valence-electron chi connectivity index (χ4n) is 1.12. The molecule has 0 amide bonds. The number of tetrazole rings is 1. The molecule has 0 spiro atoms. The Morgan fingerprint density at radius 2 is 2.33 bits per heavy atom. The van der Waals surface area contributed by atoms with E-state index in [1.807, 2.05) is 12.1 Å². The predicted octanol–water partition coefficient (Wildman–Crippen LogP) is 0.371. The molecular weight excluding hydrogens is 194 g/mol. The summed E-state index contributed by atoms with van der Waals surface area (Å²) in [5.74, 6) is 1.37. The predicted molar refractivity (Wildman–Crippen MR) is 54.0 cm³/mol. The Hall–Kier alpha value is -2.11. The normalized spacial score (nSPS) is 10.2. The fraction of sp³-hybridized carbons (Fsp3) is 0.222. The lowest BCUT2D eigenvalue weighted by Crippen LogP contribution is -2.04. The summed E-state index contributed by atoms with van der Waals surface area (Å²) in [4.78, 5) is 0. The molecule has 1 aromatic heterocycles. The second-order valence-electron chi connectivity index (χ2n) is 3.08. The molecule has 0 atom stereocenters. The number of rotatable bonds is 3. The molecular formula is C9H11N5O. The molecule has 15 heavy (non-hydrogen) atoms. The summed E-state index contributed by atoms with van der Waals surface area (Å²) in [5.41, 5.74) is 6.28. The van der Waals surface area contributed by atoms with Crippen LogP contribution < -0.4 is 10.5 Å². The molecule has 78 valence electrons. The standard InChI is InChI=1S/C9H11N5O/c1-14-9(11-12-13-14)6-15-8-4-2-3-7(10)5-8/h2-5H,6,10H2,1H3. The molecule has 6 heteroatoms. The number of hydrogen-bond donors (Lipinski definition) is 1. The molecule has 6 nitrogen and oxygen atoms in total. The number of aryl methyl sites for hydroxylation is 1. The van der Waals surface area contributed by atoms with Crippen LogP contribution in [0, 0.1) is 0 Å². The first-order valence-corrected chi connectivity index (χ1v) is 4.45. The Bertz CT molecular complexity index is 453. The summed E-state index contributed by atoms with van der Waals surface area (Å²) in [7, 11) is 1.76. The Kier molecular flexibility index (Phi) is 2.49. The van der Waals surface area contributed by atoms with Gasteiger partial charge in [-0.3, -0.25) is 0 Å². The number of ether oxygens (including phenoxy) is 1. The largest absolute Gasteiger partial charge is 0.485 e. The Morgan fingerprint density at radius 1 is 1.47 bits per heavy atom. The second-order valence-corrected chi connectivity index (χ2v) is 3.08. The zero-order valence-corrected chi connectivity index (χ0v) is 8.29. The van der Waals surface area contributed by atoms with Gasteiger partial charge in [-0.05, 0) is 22.6 Å². The lowest BCUT2D eigenvalue weighted by Gasteiger charge is -2.04. The van der Waals surface area contributed by atoms with Gasteiger partial charge in [0.25, 0.3) is 0 Å². The highest BCUT2D eigenvalue weighted by Crippen LogP contribution is 2.15. The van der Waals surface area contributed by atoms with Crippen molar-refractivity contribution in [1.29, 1.82) is 0 Å². The Morgan fingerprint density at radius 3 is 3.00 bits per heavy atom. The van der Waals surface area contributed by atoms with Crippen LogP contribution in [0.25, 0.3) is 0 Å². The van der Waals surface area contributed by atoms with Gasteiger partial charge in [0, 0.05) is 18.8 Å². The molecule has 1 aromatic carbocycles. The Balaban J connectivity index is 2.02. The van der Waals surface area contributed by atoms with Gasteiger partial charge in [-0.1, -0.05) is 6.07 Å². The van der Waals surface area contributed by atoms with E-state index in [-0.39, 0.29) is 0 Å². The van der Waals surface area contributed by atoms with E-state index in [0.717, 1.165) is 0 Å². The van der Waals surface area contributed by atoms with Crippen LogP contribution in [0.5, 0.6) is 5.75 Å². The van der Waals surface area contributed by atoms with Gasteiger partial charge in [-0.2, -0.15) is 0 Å². The number of aromatic nitrogens is 4. The summed E-state index contributed by atoms with van der Waals surface area (Å²) in [6.45, 7) is 0.326. The molecule has 0 aliphatic heterocycles. The zero-order chi connectivity index (χ0) is 10.7. The first-order valence-electron chi connectivity index (χ1n) is 4.45. The number of benzene rings is 1. The third-order valence-corrected chi connectivity index (χ3v) is 1.93. The molecule has 0 aliphatic carbocycles. The average Bonchev–Trinajstić information content (AvgIpc) is 2.61. The quantitative estimate of drug-likeness (QED) is 0.732. The van der Waals surface area contributed by atoms with Crippen molar-refractivity contribution in [3.8, 4) is 5.75 Å². The fourth-order valence-corrected chi connectivity index (χ4v) is 1.12. The van der Waals surface area contributed by atoms with Gasteiger partial charge in [0.15, 0.2) is 5.82 Å². The number of nitrogen functional groups attached to an aromatic ring is 1. The van der Waals surface area contributed by atoms with Crippen molar-refractivity contribution in [3.63, 3.8) is 0 Å². The molecule has 0 bridgehead atoms. The van der Waals surface area contributed by atoms with Crippen molar-refractivity contribution in [1.82, 2.24) is 20.2 Å². The third kappa shape index (κ3) is 2.22. The summed E-state index contributed by atoms with van der Waals surface area (Å²) in [5, 5.41) is 11.0. The summed E-state index contributed by atoms with van der Waals surface area (Å²) < 4.78 is 7.03. The minimum absolute atomic E-state index is 0.326. The molecule has 0 saturated carbocycles. The number of nitrogens with two attached hydrogens (primary N) is 1. The maximum Gasteiger partial charge on any atom is 0.188 e. The molecule has 0 radical (unpaired) electrons. The molecule has 2 N–H and O–H groups in total.